The summed E-state index contributed by atoms with van der Waals surface area (Å²) < 4.78 is 7.20. The minimum Gasteiger partial charge on any atom is -0.378 e. The zero-order valence-electron chi connectivity index (χ0n) is 17.9. The molecule has 0 spiro atoms. The number of carbonyl (C=O) groups excluding carboxylic acids is 2. The molecule has 0 N–H and O–H groups in total. The van der Waals surface area contributed by atoms with E-state index in [0.717, 1.165) is 21.6 Å². The van der Waals surface area contributed by atoms with Crippen LogP contribution in [0.5, 0.6) is 0 Å². The van der Waals surface area contributed by atoms with E-state index in [9.17, 15) is 9.59 Å². The molecule has 0 saturated carbocycles. The monoisotopic (exact) mass is 472 g/mol. The van der Waals surface area contributed by atoms with Crippen LogP contribution in [0.1, 0.15) is 28.2 Å². The molecule has 0 unspecified atom stereocenters. The Hall–Kier alpha value is -2.42. The molecule has 1 aromatic carbocycles. The van der Waals surface area contributed by atoms with Crippen molar-refractivity contribution in [1.82, 2.24) is 19.6 Å². The molecule has 0 aliphatic carbocycles. The van der Waals surface area contributed by atoms with Crippen LogP contribution in [0.2, 0.25) is 5.02 Å². The summed E-state index contributed by atoms with van der Waals surface area (Å²) in [6, 6.07) is 9.48. The van der Waals surface area contributed by atoms with Crippen molar-refractivity contribution in [2.24, 2.45) is 5.92 Å². The lowest BCUT2D eigenvalue weighted by molar-refractivity contribution is -0.141. The van der Waals surface area contributed by atoms with E-state index in [1.807, 2.05) is 51.7 Å². The first kappa shape index (κ1) is 21.4. The van der Waals surface area contributed by atoms with Crippen LogP contribution >= 0.6 is 22.9 Å². The van der Waals surface area contributed by atoms with Gasteiger partial charge in [0.2, 0.25) is 5.91 Å². The molecule has 2 saturated heterocycles. The van der Waals surface area contributed by atoms with Gasteiger partial charge in [-0.3, -0.25) is 9.59 Å². The third-order valence-electron chi connectivity index (χ3n) is 6.26. The van der Waals surface area contributed by atoms with Gasteiger partial charge in [-0.2, -0.15) is 5.10 Å². The molecule has 9 heteroatoms. The second-order valence-electron chi connectivity index (χ2n) is 8.31. The second kappa shape index (κ2) is 8.84. The van der Waals surface area contributed by atoms with E-state index in [2.05, 4.69) is 5.10 Å². The van der Waals surface area contributed by atoms with Crippen LogP contribution < -0.4 is 0 Å². The molecule has 2 fully saturated rings. The van der Waals surface area contributed by atoms with Crippen LogP contribution in [0.3, 0.4) is 0 Å². The number of ether oxygens (including phenoxy) is 1. The number of fused-ring (bicyclic) bond motifs is 1. The van der Waals surface area contributed by atoms with Crippen molar-refractivity contribution in [3.63, 3.8) is 0 Å². The highest BCUT2D eigenvalue weighted by Gasteiger charge is 2.32. The summed E-state index contributed by atoms with van der Waals surface area (Å²) in [7, 11) is 0. The Bertz CT molecular complexity index is 1160. The number of nitrogens with zero attached hydrogens (tertiary/aromatic N) is 4. The quantitative estimate of drug-likeness (QED) is 0.582. The maximum Gasteiger partial charge on any atom is 0.264 e. The fraction of sp³-hybridized carbons (Fsp3) is 0.435. The van der Waals surface area contributed by atoms with Crippen molar-refractivity contribution >= 4 is 45.0 Å². The molecule has 2 amide bonds. The Kier molecular flexibility index (Phi) is 5.92. The highest BCUT2D eigenvalue weighted by atomic mass is 35.5. The van der Waals surface area contributed by atoms with Gasteiger partial charge >= 0.3 is 0 Å². The average molecular weight is 473 g/mol. The average Bonchev–Trinajstić information content (AvgIpc) is 3.39. The summed E-state index contributed by atoms with van der Waals surface area (Å²) in [5.41, 5.74) is 1.75. The van der Waals surface area contributed by atoms with E-state index in [1.165, 1.54) is 11.3 Å². The molecule has 168 valence electrons. The predicted octanol–water partition coefficient (Wildman–Crippen LogP) is 3.76. The lowest BCUT2D eigenvalue weighted by Crippen LogP contribution is -2.47. The number of aromatic nitrogens is 2. The van der Waals surface area contributed by atoms with Gasteiger partial charge in [-0.05, 0) is 44.0 Å². The topological polar surface area (TPSA) is 67.7 Å². The van der Waals surface area contributed by atoms with Crippen LogP contribution in [0.15, 0.2) is 30.3 Å². The number of piperidine rings is 1. The molecule has 2 aromatic heterocycles. The maximum absolute atomic E-state index is 13.2. The maximum atomic E-state index is 13.2. The normalized spacial score (nSPS) is 17.8. The number of hydrogen-bond acceptors (Lipinski definition) is 5. The fourth-order valence-electron chi connectivity index (χ4n) is 4.46. The third kappa shape index (κ3) is 4.02. The molecule has 5 rings (SSSR count). The van der Waals surface area contributed by atoms with Gasteiger partial charge in [-0.25, -0.2) is 4.68 Å². The van der Waals surface area contributed by atoms with E-state index < -0.39 is 0 Å². The van der Waals surface area contributed by atoms with Gasteiger partial charge in [0, 0.05) is 42.5 Å². The summed E-state index contributed by atoms with van der Waals surface area (Å²) in [4.78, 5) is 31.4. The number of aryl methyl sites for hydroxylation is 1. The number of amides is 2. The molecular weight excluding hydrogens is 448 g/mol. The Labute approximate surface area is 195 Å². The molecule has 0 atom stereocenters. The highest BCUT2D eigenvalue weighted by molar-refractivity contribution is 7.20. The molecule has 2 aliphatic rings. The summed E-state index contributed by atoms with van der Waals surface area (Å²) in [6.07, 6.45) is 1.42. The summed E-state index contributed by atoms with van der Waals surface area (Å²) in [5, 5.41) is 6.27. The van der Waals surface area contributed by atoms with Gasteiger partial charge in [0.15, 0.2) is 0 Å². The number of carbonyl (C=O) groups is 2. The minimum absolute atomic E-state index is 0.00168. The van der Waals surface area contributed by atoms with Gasteiger partial charge in [-0.15, -0.1) is 11.3 Å². The first-order valence-corrected chi connectivity index (χ1v) is 12.1. The Morgan fingerprint density at radius 2 is 1.84 bits per heavy atom. The first-order valence-electron chi connectivity index (χ1n) is 10.9. The van der Waals surface area contributed by atoms with Crippen molar-refractivity contribution in [2.45, 2.75) is 19.8 Å². The van der Waals surface area contributed by atoms with Crippen molar-refractivity contribution in [1.29, 1.82) is 0 Å². The Morgan fingerprint density at radius 3 is 2.56 bits per heavy atom. The van der Waals surface area contributed by atoms with Crippen molar-refractivity contribution in [3.8, 4) is 5.69 Å². The molecule has 4 heterocycles. The summed E-state index contributed by atoms with van der Waals surface area (Å²) >= 11 is 7.62. The summed E-state index contributed by atoms with van der Waals surface area (Å²) in [6.45, 7) is 5.72. The van der Waals surface area contributed by atoms with E-state index in [1.54, 1.807) is 0 Å². The molecule has 0 radical (unpaired) electrons. The Morgan fingerprint density at radius 1 is 1.09 bits per heavy atom. The Balaban J connectivity index is 1.30. The second-order valence-corrected chi connectivity index (χ2v) is 9.78. The van der Waals surface area contributed by atoms with Crippen LogP contribution in [0.25, 0.3) is 15.9 Å². The van der Waals surface area contributed by atoms with Crippen molar-refractivity contribution in [2.75, 3.05) is 39.4 Å². The zero-order valence-corrected chi connectivity index (χ0v) is 19.5. The highest BCUT2D eigenvalue weighted by Crippen LogP contribution is 2.32. The number of rotatable bonds is 3. The van der Waals surface area contributed by atoms with E-state index >= 15 is 0 Å². The number of likely N-dealkylation sites (tertiary alicyclic amines) is 1. The molecule has 0 bridgehead atoms. The first-order chi connectivity index (χ1) is 15.5. The number of thiophene rings is 1. The molecular formula is C23H25ClN4O3S. The SMILES string of the molecule is Cc1nn(-c2cccc(Cl)c2)c2sc(C(=O)N3CCC(C(=O)N4CCOCC4)CC3)cc12. The van der Waals surface area contributed by atoms with Gasteiger partial charge in [0.05, 0.1) is 29.5 Å². The van der Waals surface area contributed by atoms with Gasteiger partial charge in [-0.1, -0.05) is 17.7 Å². The fourth-order valence-corrected chi connectivity index (χ4v) is 5.80. The minimum atomic E-state index is -0.00168. The number of benzene rings is 1. The molecule has 7 nitrogen and oxygen atoms in total. The van der Waals surface area contributed by atoms with Gasteiger partial charge < -0.3 is 14.5 Å². The largest absolute Gasteiger partial charge is 0.378 e. The standard InChI is InChI=1S/C23H25ClN4O3S/c1-15-19-14-20(32-23(19)28(25-15)18-4-2-3-17(24)13-18)22(30)26-7-5-16(6-8-26)21(29)27-9-11-31-12-10-27/h2-4,13-14,16H,5-12H2,1H3. The van der Waals surface area contributed by atoms with Crippen molar-refractivity contribution < 1.29 is 14.3 Å². The van der Waals surface area contributed by atoms with Crippen LogP contribution in [0, 0.1) is 12.8 Å². The molecule has 3 aromatic rings. The lowest BCUT2D eigenvalue weighted by Gasteiger charge is -2.35. The van der Waals surface area contributed by atoms with Crippen LogP contribution in [0.4, 0.5) is 0 Å². The van der Waals surface area contributed by atoms with Crippen LogP contribution in [-0.2, 0) is 9.53 Å². The molecule has 32 heavy (non-hydrogen) atoms. The number of halogens is 1. The van der Waals surface area contributed by atoms with E-state index in [-0.39, 0.29) is 17.7 Å². The number of morpholine rings is 1. The molecule has 2 aliphatic heterocycles. The smallest absolute Gasteiger partial charge is 0.264 e. The summed E-state index contributed by atoms with van der Waals surface area (Å²) in [5.74, 6) is 0.234. The van der Waals surface area contributed by atoms with Gasteiger partial charge in [0.25, 0.3) is 5.91 Å². The van der Waals surface area contributed by atoms with Gasteiger partial charge in [0.1, 0.15) is 4.83 Å². The third-order valence-corrected chi connectivity index (χ3v) is 7.60. The zero-order chi connectivity index (χ0) is 22.2. The lowest BCUT2D eigenvalue weighted by atomic mass is 9.95. The van der Waals surface area contributed by atoms with E-state index in [4.69, 9.17) is 16.3 Å². The van der Waals surface area contributed by atoms with Crippen molar-refractivity contribution in [3.05, 3.63) is 45.9 Å². The number of hydrogen-bond donors (Lipinski definition) is 0. The van der Waals surface area contributed by atoms with E-state index in [0.29, 0.717) is 62.1 Å². The predicted molar refractivity (Wildman–Crippen MR) is 125 cm³/mol. The van der Waals surface area contributed by atoms with Crippen LogP contribution in [-0.4, -0.2) is 70.8 Å².